The highest BCUT2D eigenvalue weighted by Gasteiger charge is 2.11. The summed E-state index contributed by atoms with van der Waals surface area (Å²) >= 11 is 0. The van der Waals surface area contributed by atoms with E-state index in [0.717, 1.165) is 6.42 Å². The number of hydrogen-bond donors (Lipinski definition) is 2. The van der Waals surface area contributed by atoms with Crippen molar-refractivity contribution in [3.63, 3.8) is 0 Å². The number of anilines is 1. The number of nitrogens with one attached hydrogen (secondary N) is 2. The molecule has 0 bridgehead atoms. The second kappa shape index (κ2) is 9.14. The van der Waals surface area contributed by atoms with Gasteiger partial charge in [-0.3, -0.25) is 4.79 Å². The Kier molecular flexibility index (Phi) is 6.61. The van der Waals surface area contributed by atoms with Gasteiger partial charge in [0.25, 0.3) is 5.91 Å². The number of benzene rings is 2. The van der Waals surface area contributed by atoms with Gasteiger partial charge in [0.05, 0.1) is 12.8 Å². The van der Waals surface area contributed by atoms with Crippen LogP contribution in [-0.4, -0.2) is 19.6 Å². The smallest absolute Gasteiger partial charge is 0.267 e. The van der Waals surface area contributed by atoms with Crippen molar-refractivity contribution >= 4 is 11.6 Å². The molecule has 0 aliphatic rings. The zero-order valence-corrected chi connectivity index (χ0v) is 14.4. The number of aryl methyl sites for hydroxylation is 1. The Morgan fingerprint density at radius 1 is 1.24 bits per heavy atom. The third kappa shape index (κ3) is 5.40. The molecule has 0 atom stereocenters. The number of nitrogens with zero attached hydrogens (tertiary/aromatic N) is 1. The van der Waals surface area contributed by atoms with E-state index in [-0.39, 0.29) is 5.57 Å². The molecule has 0 saturated carbocycles. The lowest BCUT2D eigenvalue weighted by atomic mass is 10.1. The topological polar surface area (TPSA) is 74.1 Å². The van der Waals surface area contributed by atoms with Crippen molar-refractivity contribution in [3.8, 4) is 11.8 Å². The summed E-state index contributed by atoms with van der Waals surface area (Å²) in [5.41, 5.74) is 2.95. The van der Waals surface area contributed by atoms with Crippen LogP contribution in [0.4, 0.5) is 5.69 Å². The van der Waals surface area contributed by atoms with Crippen LogP contribution in [0.15, 0.2) is 60.3 Å². The van der Waals surface area contributed by atoms with Crippen LogP contribution in [-0.2, 0) is 11.2 Å². The minimum Gasteiger partial charge on any atom is -0.495 e. The van der Waals surface area contributed by atoms with E-state index >= 15 is 0 Å². The van der Waals surface area contributed by atoms with Gasteiger partial charge in [-0.15, -0.1) is 0 Å². The third-order valence-electron chi connectivity index (χ3n) is 3.61. The van der Waals surface area contributed by atoms with Crippen molar-refractivity contribution in [3.05, 3.63) is 71.4 Å². The van der Waals surface area contributed by atoms with Gasteiger partial charge in [-0.2, -0.15) is 5.26 Å². The molecule has 0 unspecified atom stereocenters. The maximum Gasteiger partial charge on any atom is 0.267 e. The zero-order chi connectivity index (χ0) is 18.1. The van der Waals surface area contributed by atoms with Crippen LogP contribution >= 0.6 is 0 Å². The summed E-state index contributed by atoms with van der Waals surface area (Å²) in [4.78, 5) is 12.2. The Bertz CT molecular complexity index is 807. The lowest BCUT2D eigenvalue weighted by molar-refractivity contribution is -0.112. The van der Waals surface area contributed by atoms with Crippen molar-refractivity contribution in [2.45, 2.75) is 13.3 Å². The van der Waals surface area contributed by atoms with E-state index in [0.29, 0.717) is 18.0 Å². The van der Waals surface area contributed by atoms with E-state index in [2.05, 4.69) is 22.8 Å². The molecule has 0 aromatic heterocycles. The minimum absolute atomic E-state index is 0.00940. The fourth-order valence-electron chi connectivity index (χ4n) is 2.34. The first-order valence-electron chi connectivity index (χ1n) is 7.97. The lowest BCUT2D eigenvalue weighted by Gasteiger charge is -2.09. The number of amides is 1. The maximum atomic E-state index is 12.2. The Hall–Kier alpha value is -3.26. The number of methoxy groups -OCH3 is 1. The molecule has 0 saturated heterocycles. The largest absolute Gasteiger partial charge is 0.495 e. The summed E-state index contributed by atoms with van der Waals surface area (Å²) in [7, 11) is 1.53. The molecule has 0 radical (unpaired) electrons. The summed E-state index contributed by atoms with van der Waals surface area (Å²) in [6, 6.07) is 17.2. The number of hydrogen-bond acceptors (Lipinski definition) is 4. The Balaban J connectivity index is 1.93. The van der Waals surface area contributed by atoms with E-state index in [1.165, 1.54) is 24.4 Å². The van der Waals surface area contributed by atoms with Gasteiger partial charge >= 0.3 is 0 Å². The van der Waals surface area contributed by atoms with Crippen molar-refractivity contribution in [1.82, 2.24) is 5.32 Å². The minimum atomic E-state index is -0.477. The van der Waals surface area contributed by atoms with Crippen LogP contribution < -0.4 is 15.4 Å². The van der Waals surface area contributed by atoms with Gasteiger partial charge in [-0.05, 0) is 31.0 Å². The van der Waals surface area contributed by atoms with Crippen LogP contribution in [0.1, 0.15) is 11.1 Å². The lowest BCUT2D eigenvalue weighted by Crippen LogP contribution is -2.18. The monoisotopic (exact) mass is 335 g/mol. The van der Waals surface area contributed by atoms with Crippen LogP contribution in [0.25, 0.3) is 0 Å². The molecule has 0 aliphatic heterocycles. The number of carbonyl (C=O) groups excluding carboxylic acids is 1. The predicted octanol–water partition coefficient (Wildman–Crippen LogP) is 3.18. The Morgan fingerprint density at radius 3 is 2.76 bits per heavy atom. The van der Waals surface area contributed by atoms with E-state index < -0.39 is 5.91 Å². The normalized spacial score (nSPS) is 10.7. The molecule has 1 amide bonds. The predicted molar refractivity (Wildman–Crippen MR) is 98.2 cm³/mol. The highest BCUT2D eigenvalue weighted by atomic mass is 16.5. The van der Waals surface area contributed by atoms with Gasteiger partial charge in [-0.25, -0.2) is 0 Å². The molecule has 2 rings (SSSR count). The highest BCUT2D eigenvalue weighted by molar-refractivity contribution is 6.07. The van der Waals surface area contributed by atoms with Crippen LogP contribution in [0.5, 0.6) is 5.75 Å². The fourth-order valence-corrected chi connectivity index (χ4v) is 2.34. The molecule has 2 aromatic carbocycles. The maximum absolute atomic E-state index is 12.2. The molecule has 25 heavy (non-hydrogen) atoms. The third-order valence-corrected chi connectivity index (χ3v) is 3.61. The van der Waals surface area contributed by atoms with Gasteiger partial charge in [0, 0.05) is 12.7 Å². The second-order valence-electron chi connectivity index (χ2n) is 5.52. The molecule has 0 spiro atoms. The number of carbonyl (C=O) groups is 1. The molecular weight excluding hydrogens is 314 g/mol. The molecule has 2 N–H and O–H groups in total. The van der Waals surface area contributed by atoms with Gasteiger partial charge in [0.15, 0.2) is 0 Å². The standard InChI is InChI=1S/C20H21N3O2/c1-15-6-5-7-16(12-15)10-11-22-14-17(13-21)20(24)23-18-8-3-4-9-19(18)25-2/h3-9,12,14,22H,10-11H2,1-2H3,(H,23,24)/b17-14-. The van der Waals surface area contributed by atoms with Crippen molar-refractivity contribution in [2.24, 2.45) is 0 Å². The number of ether oxygens (including phenoxy) is 1. The van der Waals surface area contributed by atoms with Gasteiger partial charge in [0.1, 0.15) is 17.4 Å². The van der Waals surface area contributed by atoms with Crippen LogP contribution in [0, 0.1) is 18.3 Å². The molecule has 5 nitrogen and oxygen atoms in total. The fraction of sp³-hybridized carbons (Fsp3) is 0.200. The van der Waals surface area contributed by atoms with E-state index in [1.54, 1.807) is 18.2 Å². The number of rotatable bonds is 7. The second-order valence-corrected chi connectivity index (χ2v) is 5.52. The zero-order valence-electron chi connectivity index (χ0n) is 14.4. The number of nitriles is 1. The average molecular weight is 335 g/mol. The summed E-state index contributed by atoms with van der Waals surface area (Å²) in [6.07, 6.45) is 2.26. The SMILES string of the molecule is COc1ccccc1NC(=O)/C(C#N)=C\NCCc1cccc(C)c1. The molecule has 0 fully saturated rings. The average Bonchev–Trinajstić information content (AvgIpc) is 2.62. The Labute approximate surface area is 147 Å². The molecule has 0 aliphatic carbocycles. The molecule has 0 heterocycles. The van der Waals surface area contributed by atoms with Crippen molar-refractivity contribution < 1.29 is 9.53 Å². The first-order valence-corrected chi connectivity index (χ1v) is 7.97. The van der Waals surface area contributed by atoms with E-state index in [1.807, 2.05) is 31.2 Å². The molecule has 5 heteroatoms. The van der Waals surface area contributed by atoms with Crippen molar-refractivity contribution in [1.29, 1.82) is 5.26 Å². The first-order chi connectivity index (χ1) is 12.1. The summed E-state index contributed by atoms with van der Waals surface area (Å²) < 4.78 is 5.18. The summed E-state index contributed by atoms with van der Waals surface area (Å²) in [5, 5.41) is 14.9. The first kappa shape index (κ1) is 18.1. The highest BCUT2D eigenvalue weighted by Crippen LogP contribution is 2.23. The van der Waals surface area contributed by atoms with Gasteiger partial charge in [0.2, 0.25) is 0 Å². The van der Waals surface area contributed by atoms with Crippen LogP contribution in [0.2, 0.25) is 0 Å². The van der Waals surface area contributed by atoms with Crippen LogP contribution in [0.3, 0.4) is 0 Å². The van der Waals surface area contributed by atoms with Gasteiger partial charge in [-0.1, -0.05) is 42.0 Å². The van der Waals surface area contributed by atoms with Gasteiger partial charge < -0.3 is 15.4 Å². The molecule has 2 aromatic rings. The quantitative estimate of drug-likeness (QED) is 0.463. The van der Waals surface area contributed by atoms with Crippen molar-refractivity contribution in [2.75, 3.05) is 19.0 Å². The Morgan fingerprint density at radius 2 is 2.04 bits per heavy atom. The van der Waals surface area contributed by atoms with E-state index in [9.17, 15) is 10.1 Å². The number of para-hydroxylation sites is 2. The molecular formula is C20H21N3O2. The summed E-state index contributed by atoms with van der Waals surface area (Å²) in [6.45, 7) is 2.68. The summed E-state index contributed by atoms with van der Waals surface area (Å²) in [5.74, 6) is 0.0654. The molecule has 128 valence electrons. The van der Waals surface area contributed by atoms with E-state index in [4.69, 9.17) is 4.74 Å².